The van der Waals surface area contributed by atoms with E-state index in [9.17, 15) is 4.79 Å². The van der Waals surface area contributed by atoms with Crippen molar-refractivity contribution >= 4 is 11.6 Å². The second kappa shape index (κ2) is 7.44. The average molecular weight is 274 g/mol. The first-order chi connectivity index (χ1) is 9.65. The number of anilines is 1. The molecule has 20 heavy (non-hydrogen) atoms. The summed E-state index contributed by atoms with van der Waals surface area (Å²) in [7, 11) is 0. The minimum Gasteiger partial charge on any atom is -0.326 e. The van der Waals surface area contributed by atoms with Gasteiger partial charge in [0.05, 0.1) is 0 Å². The zero-order chi connectivity index (χ0) is 14.4. The number of hydrogen-bond acceptors (Lipinski definition) is 2. The lowest BCUT2D eigenvalue weighted by molar-refractivity contribution is -0.116. The molecule has 0 aromatic heterocycles. The molecule has 2 rings (SSSR count). The van der Waals surface area contributed by atoms with Crippen molar-refractivity contribution in [2.24, 2.45) is 0 Å². The highest BCUT2D eigenvalue weighted by atomic mass is 16.1. The van der Waals surface area contributed by atoms with Gasteiger partial charge in [0.15, 0.2) is 0 Å². The Morgan fingerprint density at radius 2 is 1.95 bits per heavy atom. The molecule has 0 spiro atoms. The fourth-order valence-corrected chi connectivity index (χ4v) is 2.86. The van der Waals surface area contributed by atoms with Crippen LogP contribution < -0.4 is 10.6 Å². The number of amides is 1. The van der Waals surface area contributed by atoms with E-state index in [1.807, 2.05) is 19.1 Å². The van der Waals surface area contributed by atoms with Crippen LogP contribution in [-0.2, 0) is 4.79 Å². The highest BCUT2D eigenvalue weighted by Crippen LogP contribution is 2.18. The summed E-state index contributed by atoms with van der Waals surface area (Å²) >= 11 is 0. The van der Waals surface area contributed by atoms with E-state index in [0.717, 1.165) is 17.8 Å². The minimum absolute atomic E-state index is 0.0975. The number of carbonyl (C=O) groups is 1. The molecule has 3 nitrogen and oxygen atoms in total. The molecule has 1 amide bonds. The Morgan fingerprint density at radius 1 is 1.20 bits per heavy atom. The zero-order valence-electron chi connectivity index (χ0n) is 12.7. The van der Waals surface area contributed by atoms with Crippen LogP contribution in [-0.4, -0.2) is 18.5 Å². The minimum atomic E-state index is 0.0975. The van der Waals surface area contributed by atoms with Crippen molar-refractivity contribution in [2.75, 3.05) is 11.9 Å². The molecule has 0 heterocycles. The van der Waals surface area contributed by atoms with Gasteiger partial charge in [0.1, 0.15) is 0 Å². The fraction of sp³-hybridized carbons (Fsp3) is 0.588. The van der Waals surface area contributed by atoms with Crippen molar-refractivity contribution in [3.05, 3.63) is 29.3 Å². The van der Waals surface area contributed by atoms with Crippen LogP contribution in [0.15, 0.2) is 18.2 Å². The van der Waals surface area contributed by atoms with Gasteiger partial charge in [0.25, 0.3) is 0 Å². The molecule has 110 valence electrons. The first-order valence-electron chi connectivity index (χ1n) is 7.75. The molecule has 0 radical (unpaired) electrons. The summed E-state index contributed by atoms with van der Waals surface area (Å²) in [6, 6.07) is 6.73. The van der Waals surface area contributed by atoms with Crippen LogP contribution in [0.4, 0.5) is 5.69 Å². The standard InChI is InChI=1S/C17H26N2O/c1-13-8-9-16(14(2)12-13)19-17(20)10-11-18-15-6-4-3-5-7-15/h8-9,12,15,18H,3-7,10-11H2,1-2H3,(H,19,20). The molecule has 1 aliphatic carbocycles. The summed E-state index contributed by atoms with van der Waals surface area (Å²) in [4.78, 5) is 11.9. The first kappa shape index (κ1) is 15.0. The topological polar surface area (TPSA) is 41.1 Å². The van der Waals surface area contributed by atoms with Crippen LogP contribution in [0.5, 0.6) is 0 Å². The van der Waals surface area contributed by atoms with E-state index < -0.39 is 0 Å². The Kier molecular flexibility index (Phi) is 5.60. The molecule has 0 aliphatic heterocycles. The summed E-state index contributed by atoms with van der Waals surface area (Å²) < 4.78 is 0. The summed E-state index contributed by atoms with van der Waals surface area (Å²) in [5.74, 6) is 0.0975. The normalized spacial score (nSPS) is 16.1. The maximum atomic E-state index is 11.9. The molecular weight excluding hydrogens is 248 g/mol. The van der Waals surface area contributed by atoms with E-state index in [2.05, 4.69) is 23.6 Å². The first-order valence-corrected chi connectivity index (χ1v) is 7.75. The van der Waals surface area contributed by atoms with Crippen molar-refractivity contribution in [3.63, 3.8) is 0 Å². The third-order valence-electron chi connectivity index (χ3n) is 4.05. The highest BCUT2D eigenvalue weighted by Gasteiger charge is 2.13. The van der Waals surface area contributed by atoms with Crippen LogP contribution in [0.1, 0.15) is 49.7 Å². The lowest BCUT2D eigenvalue weighted by Gasteiger charge is -2.22. The van der Waals surface area contributed by atoms with Gasteiger partial charge in [-0.3, -0.25) is 4.79 Å². The number of aryl methyl sites for hydroxylation is 2. The number of carbonyl (C=O) groups excluding carboxylic acids is 1. The summed E-state index contributed by atoms with van der Waals surface area (Å²) in [6.45, 7) is 4.87. The van der Waals surface area contributed by atoms with Gasteiger partial charge in [-0.05, 0) is 38.3 Å². The summed E-state index contributed by atoms with van der Waals surface area (Å²) in [5, 5.41) is 6.50. The van der Waals surface area contributed by atoms with E-state index in [1.54, 1.807) is 0 Å². The number of benzene rings is 1. The van der Waals surface area contributed by atoms with E-state index in [-0.39, 0.29) is 5.91 Å². The molecule has 0 saturated heterocycles. The highest BCUT2D eigenvalue weighted by molar-refractivity contribution is 5.91. The van der Waals surface area contributed by atoms with Gasteiger partial charge >= 0.3 is 0 Å². The predicted molar refractivity (Wildman–Crippen MR) is 84.0 cm³/mol. The monoisotopic (exact) mass is 274 g/mol. The Morgan fingerprint density at radius 3 is 2.65 bits per heavy atom. The summed E-state index contributed by atoms with van der Waals surface area (Å²) in [6.07, 6.45) is 7.09. The molecule has 2 N–H and O–H groups in total. The van der Waals surface area contributed by atoms with Crippen LogP contribution in [0, 0.1) is 13.8 Å². The third-order valence-corrected chi connectivity index (χ3v) is 4.05. The van der Waals surface area contributed by atoms with Gasteiger partial charge in [-0.15, -0.1) is 0 Å². The summed E-state index contributed by atoms with van der Waals surface area (Å²) in [5.41, 5.74) is 3.27. The fourth-order valence-electron chi connectivity index (χ4n) is 2.86. The molecule has 0 unspecified atom stereocenters. The lowest BCUT2D eigenvalue weighted by atomic mass is 9.95. The molecule has 0 atom stereocenters. The quantitative estimate of drug-likeness (QED) is 0.862. The van der Waals surface area contributed by atoms with Crippen molar-refractivity contribution in [2.45, 2.75) is 58.4 Å². The van der Waals surface area contributed by atoms with Crippen molar-refractivity contribution in [3.8, 4) is 0 Å². The Bertz CT molecular complexity index is 450. The molecule has 1 aromatic rings. The maximum absolute atomic E-state index is 11.9. The largest absolute Gasteiger partial charge is 0.326 e. The van der Waals surface area contributed by atoms with E-state index in [1.165, 1.54) is 37.7 Å². The number of rotatable bonds is 5. The SMILES string of the molecule is Cc1ccc(NC(=O)CCNC2CCCCC2)c(C)c1. The Labute approximate surface area is 122 Å². The molecule has 1 aliphatic rings. The van der Waals surface area contributed by atoms with Gasteiger partial charge in [0.2, 0.25) is 5.91 Å². The van der Waals surface area contributed by atoms with Crippen molar-refractivity contribution in [1.29, 1.82) is 0 Å². The van der Waals surface area contributed by atoms with Gasteiger partial charge < -0.3 is 10.6 Å². The average Bonchev–Trinajstić information content (AvgIpc) is 2.43. The Hall–Kier alpha value is -1.35. The molecule has 0 bridgehead atoms. The number of hydrogen-bond donors (Lipinski definition) is 2. The Balaban J connectivity index is 1.72. The second-order valence-electron chi connectivity index (χ2n) is 5.91. The second-order valence-corrected chi connectivity index (χ2v) is 5.91. The van der Waals surface area contributed by atoms with Crippen LogP contribution in [0.25, 0.3) is 0 Å². The zero-order valence-corrected chi connectivity index (χ0v) is 12.7. The van der Waals surface area contributed by atoms with Crippen LogP contribution >= 0.6 is 0 Å². The molecule has 1 saturated carbocycles. The van der Waals surface area contributed by atoms with E-state index >= 15 is 0 Å². The van der Waals surface area contributed by atoms with Gasteiger partial charge in [-0.2, -0.15) is 0 Å². The van der Waals surface area contributed by atoms with E-state index in [0.29, 0.717) is 12.5 Å². The van der Waals surface area contributed by atoms with Gasteiger partial charge in [-0.25, -0.2) is 0 Å². The maximum Gasteiger partial charge on any atom is 0.225 e. The third kappa shape index (κ3) is 4.64. The molecule has 1 aromatic carbocycles. The molecule has 1 fully saturated rings. The van der Waals surface area contributed by atoms with Crippen molar-refractivity contribution in [1.82, 2.24) is 5.32 Å². The van der Waals surface area contributed by atoms with Crippen LogP contribution in [0.2, 0.25) is 0 Å². The van der Waals surface area contributed by atoms with Crippen LogP contribution in [0.3, 0.4) is 0 Å². The predicted octanol–water partition coefficient (Wildman–Crippen LogP) is 3.55. The van der Waals surface area contributed by atoms with E-state index in [4.69, 9.17) is 0 Å². The van der Waals surface area contributed by atoms with Crippen molar-refractivity contribution < 1.29 is 4.79 Å². The number of nitrogens with one attached hydrogen (secondary N) is 2. The molecule has 3 heteroatoms. The van der Waals surface area contributed by atoms with Gasteiger partial charge in [-0.1, -0.05) is 37.0 Å². The molecular formula is C17H26N2O. The lowest BCUT2D eigenvalue weighted by Crippen LogP contribution is -2.33. The smallest absolute Gasteiger partial charge is 0.225 e. The van der Waals surface area contributed by atoms with Gasteiger partial charge in [0, 0.05) is 24.7 Å².